The minimum Gasteiger partial charge on any atom is -0.236 e. The van der Waals surface area contributed by atoms with Crippen LogP contribution < -0.4 is 0 Å². The standard InChI is InChI=1S/C32H20N4S/c1-4-10-21(11-5-1)29-34-30(22-12-6-2-7-13-22)36-31(35-29)25-16-18-26-24(20-25)17-19-27-28(26)37-32(33-27)23-14-8-3-9-15-23/h1-20H. The molecule has 2 heterocycles. The minimum absolute atomic E-state index is 0.656. The van der Waals surface area contributed by atoms with Gasteiger partial charge in [-0.25, -0.2) is 19.9 Å². The molecular weight excluding hydrogens is 472 g/mol. The van der Waals surface area contributed by atoms with Crippen molar-refractivity contribution in [1.82, 2.24) is 19.9 Å². The number of nitrogens with zero attached hydrogens (tertiary/aromatic N) is 4. The highest BCUT2D eigenvalue weighted by Crippen LogP contribution is 2.36. The Morgan fingerprint density at radius 2 is 0.973 bits per heavy atom. The number of aromatic nitrogens is 4. The van der Waals surface area contributed by atoms with E-state index in [-0.39, 0.29) is 0 Å². The molecule has 0 N–H and O–H groups in total. The predicted octanol–water partition coefficient (Wildman–Crippen LogP) is 8.30. The summed E-state index contributed by atoms with van der Waals surface area (Å²) in [6, 6.07) is 41.1. The van der Waals surface area contributed by atoms with Crippen molar-refractivity contribution >= 4 is 32.3 Å². The quantitative estimate of drug-likeness (QED) is 0.248. The maximum atomic E-state index is 4.89. The van der Waals surface area contributed by atoms with Gasteiger partial charge in [0.15, 0.2) is 17.5 Å². The SMILES string of the molecule is c1ccc(-c2nc(-c3ccccc3)nc(-c3ccc4c(ccc5nc(-c6ccccc6)sc54)c3)n2)cc1. The van der Waals surface area contributed by atoms with Crippen molar-refractivity contribution < 1.29 is 0 Å². The summed E-state index contributed by atoms with van der Waals surface area (Å²) in [6.45, 7) is 0. The summed E-state index contributed by atoms with van der Waals surface area (Å²) in [6.07, 6.45) is 0. The number of hydrogen-bond donors (Lipinski definition) is 0. The molecule has 0 fully saturated rings. The van der Waals surface area contributed by atoms with Crippen LogP contribution in [0, 0.1) is 0 Å². The van der Waals surface area contributed by atoms with Gasteiger partial charge >= 0.3 is 0 Å². The van der Waals surface area contributed by atoms with Crippen LogP contribution in [0.2, 0.25) is 0 Å². The Morgan fingerprint density at radius 3 is 1.57 bits per heavy atom. The van der Waals surface area contributed by atoms with E-state index in [1.165, 1.54) is 10.1 Å². The van der Waals surface area contributed by atoms with Gasteiger partial charge in [0.25, 0.3) is 0 Å². The molecule has 0 aliphatic carbocycles. The topological polar surface area (TPSA) is 51.6 Å². The van der Waals surface area contributed by atoms with Crippen LogP contribution in [0.15, 0.2) is 121 Å². The average molecular weight is 493 g/mol. The van der Waals surface area contributed by atoms with E-state index in [1.54, 1.807) is 11.3 Å². The van der Waals surface area contributed by atoms with Crippen molar-refractivity contribution in [3.8, 4) is 44.7 Å². The first-order valence-corrected chi connectivity index (χ1v) is 12.9. The molecule has 7 rings (SSSR count). The molecule has 0 spiro atoms. The summed E-state index contributed by atoms with van der Waals surface area (Å²) >= 11 is 1.73. The van der Waals surface area contributed by atoms with Crippen LogP contribution in [0.1, 0.15) is 0 Å². The highest BCUT2D eigenvalue weighted by Gasteiger charge is 2.14. The van der Waals surface area contributed by atoms with Gasteiger partial charge < -0.3 is 0 Å². The van der Waals surface area contributed by atoms with Crippen molar-refractivity contribution in [2.75, 3.05) is 0 Å². The third-order valence-corrected chi connectivity index (χ3v) is 7.50. The smallest absolute Gasteiger partial charge is 0.164 e. The highest BCUT2D eigenvalue weighted by molar-refractivity contribution is 7.22. The Kier molecular flexibility index (Phi) is 5.26. The van der Waals surface area contributed by atoms with E-state index < -0.39 is 0 Å². The number of fused-ring (bicyclic) bond motifs is 3. The molecule has 174 valence electrons. The molecule has 5 heteroatoms. The van der Waals surface area contributed by atoms with Crippen molar-refractivity contribution in [3.05, 3.63) is 121 Å². The van der Waals surface area contributed by atoms with Crippen molar-refractivity contribution in [1.29, 1.82) is 0 Å². The second-order valence-electron chi connectivity index (χ2n) is 8.77. The van der Waals surface area contributed by atoms with E-state index in [4.69, 9.17) is 19.9 Å². The van der Waals surface area contributed by atoms with Gasteiger partial charge in [-0.05, 0) is 17.5 Å². The molecule has 0 saturated heterocycles. The first-order valence-electron chi connectivity index (χ1n) is 12.1. The lowest BCUT2D eigenvalue weighted by Crippen LogP contribution is -2.00. The molecule has 7 aromatic rings. The lowest BCUT2D eigenvalue weighted by atomic mass is 10.1. The summed E-state index contributed by atoms with van der Waals surface area (Å²) in [7, 11) is 0. The second kappa shape index (κ2) is 9.04. The van der Waals surface area contributed by atoms with Gasteiger partial charge in [-0.3, -0.25) is 0 Å². The predicted molar refractivity (Wildman–Crippen MR) is 152 cm³/mol. The van der Waals surface area contributed by atoms with Gasteiger partial charge in [-0.1, -0.05) is 109 Å². The lowest BCUT2D eigenvalue weighted by molar-refractivity contribution is 1.07. The van der Waals surface area contributed by atoms with E-state index in [9.17, 15) is 0 Å². The number of thiazole rings is 1. The monoisotopic (exact) mass is 492 g/mol. The van der Waals surface area contributed by atoms with Gasteiger partial charge in [0.2, 0.25) is 0 Å². The molecule has 2 aromatic heterocycles. The van der Waals surface area contributed by atoms with E-state index in [0.717, 1.165) is 38.2 Å². The fourth-order valence-electron chi connectivity index (χ4n) is 4.49. The number of benzene rings is 5. The fourth-order valence-corrected chi connectivity index (χ4v) is 5.60. The zero-order valence-corrected chi connectivity index (χ0v) is 20.6. The van der Waals surface area contributed by atoms with Crippen LogP contribution in [-0.4, -0.2) is 19.9 Å². The van der Waals surface area contributed by atoms with Crippen molar-refractivity contribution in [2.45, 2.75) is 0 Å². The Labute approximate surface area is 218 Å². The molecule has 4 nitrogen and oxygen atoms in total. The van der Waals surface area contributed by atoms with Gasteiger partial charge in [-0.2, -0.15) is 0 Å². The Morgan fingerprint density at radius 1 is 0.432 bits per heavy atom. The van der Waals surface area contributed by atoms with Gasteiger partial charge in [0.1, 0.15) is 5.01 Å². The molecular formula is C32H20N4S. The molecule has 0 atom stereocenters. The van der Waals surface area contributed by atoms with Crippen LogP contribution in [0.3, 0.4) is 0 Å². The van der Waals surface area contributed by atoms with Crippen LogP contribution in [0.5, 0.6) is 0 Å². The Hall–Kier alpha value is -4.74. The molecule has 0 radical (unpaired) electrons. The third kappa shape index (κ3) is 4.05. The number of rotatable bonds is 4. The molecule has 0 saturated carbocycles. The third-order valence-electron chi connectivity index (χ3n) is 6.35. The first-order chi connectivity index (χ1) is 18.3. The summed E-state index contributed by atoms with van der Waals surface area (Å²) in [4.78, 5) is 19.5. The maximum absolute atomic E-state index is 4.89. The van der Waals surface area contributed by atoms with E-state index in [1.807, 2.05) is 78.9 Å². The fraction of sp³-hybridized carbons (Fsp3) is 0. The highest BCUT2D eigenvalue weighted by atomic mass is 32.1. The van der Waals surface area contributed by atoms with E-state index >= 15 is 0 Å². The number of hydrogen-bond acceptors (Lipinski definition) is 5. The molecule has 0 amide bonds. The molecule has 0 bridgehead atoms. The van der Waals surface area contributed by atoms with Crippen molar-refractivity contribution in [3.63, 3.8) is 0 Å². The molecule has 0 aliphatic rings. The second-order valence-corrected chi connectivity index (χ2v) is 9.77. The summed E-state index contributed by atoms with van der Waals surface area (Å²) < 4.78 is 1.19. The average Bonchev–Trinajstić information content (AvgIpc) is 3.43. The molecule has 0 aliphatic heterocycles. The van der Waals surface area contributed by atoms with Crippen LogP contribution in [-0.2, 0) is 0 Å². The van der Waals surface area contributed by atoms with Crippen LogP contribution in [0.4, 0.5) is 0 Å². The maximum Gasteiger partial charge on any atom is 0.164 e. The van der Waals surface area contributed by atoms with E-state index in [0.29, 0.717) is 17.5 Å². The van der Waals surface area contributed by atoms with Gasteiger partial charge in [0, 0.05) is 27.6 Å². The molecule has 5 aromatic carbocycles. The first kappa shape index (κ1) is 21.5. The molecule has 0 unspecified atom stereocenters. The minimum atomic E-state index is 0.656. The zero-order chi connectivity index (χ0) is 24.6. The molecule has 37 heavy (non-hydrogen) atoms. The van der Waals surface area contributed by atoms with Gasteiger partial charge in [0.05, 0.1) is 10.2 Å². The van der Waals surface area contributed by atoms with Crippen LogP contribution >= 0.6 is 11.3 Å². The summed E-state index contributed by atoms with van der Waals surface area (Å²) in [5.41, 5.74) is 5.03. The van der Waals surface area contributed by atoms with Crippen LogP contribution in [0.25, 0.3) is 65.7 Å². The van der Waals surface area contributed by atoms with Gasteiger partial charge in [-0.15, -0.1) is 11.3 Å². The largest absolute Gasteiger partial charge is 0.236 e. The summed E-state index contributed by atoms with van der Waals surface area (Å²) in [5, 5.41) is 3.35. The van der Waals surface area contributed by atoms with E-state index in [2.05, 4.69) is 42.5 Å². The summed E-state index contributed by atoms with van der Waals surface area (Å²) in [5.74, 6) is 1.98. The van der Waals surface area contributed by atoms with Crippen molar-refractivity contribution in [2.24, 2.45) is 0 Å². The zero-order valence-electron chi connectivity index (χ0n) is 19.7. The Bertz CT molecular complexity index is 1810. The Balaban J connectivity index is 1.37. The lowest BCUT2D eigenvalue weighted by Gasteiger charge is -2.09. The normalized spacial score (nSPS) is 11.2.